The number of hydrogen-bond donors (Lipinski definition) is 1. The van der Waals surface area contributed by atoms with Crippen molar-refractivity contribution < 1.29 is 14.4 Å². The van der Waals surface area contributed by atoms with Crippen LogP contribution in [0, 0.1) is 0 Å². The summed E-state index contributed by atoms with van der Waals surface area (Å²) in [5.41, 5.74) is 1.83. The first-order valence-corrected chi connectivity index (χ1v) is 6.34. The molecule has 0 bridgehead atoms. The lowest BCUT2D eigenvalue weighted by atomic mass is 9.89. The second-order valence-electron chi connectivity index (χ2n) is 4.97. The molecule has 1 aliphatic rings. The van der Waals surface area contributed by atoms with Gasteiger partial charge in [0.25, 0.3) is 0 Å². The lowest BCUT2D eigenvalue weighted by molar-refractivity contribution is -0.134. The number of aldehydes is 1. The Labute approximate surface area is 114 Å². The van der Waals surface area contributed by atoms with E-state index in [-0.39, 0.29) is 11.8 Å². The van der Waals surface area contributed by atoms with E-state index in [0.717, 1.165) is 17.2 Å². The number of carbonyl (C=O) groups excluding carboxylic acids is 3. The van der Waals surface area contributed by atoms with Gasteiger partial charge in [0.1, 0.15) is 5.52 Å². The normalized spacial score (nSPS) is 19.1. The van der Waals surface area contributed by atoms with E-state index in [1.54, 1.807) is 24.0 Å². The molecule has 0 radical (unpaired) electrons. The number of aryl methyl sites for hydroxylation is 1. The molecule has 6 nitrogen and oxygen atoms in total. The van der Waals surface area contributed by atoms with Crippen molar-refractivity contribution in [2.24, 2.45) is 7.05 Å². The molecule has 1 N–H and O–H groups in total. The van der Waals surface area contributed by atoms with E-state index < -0.39 is 5.92 Å². The van der Waals surface area contributed by atoms with Gasteiger partial charge in [-0.25, -0.2) is 0 Å². The molecule has 2 amide bonds. The number of fused-ring (bicyclic) bond motifs is 1. The summed E-state index contributed by atoms with van der Waals surface area (Å²) in [6, 6.07) is 3.54. The Hall–Kier alpha value is -2.50. The highest BCUT2D eigenvalue weighted by Crippen LogP contribution is 2.29. The molecule has 2 heterocycles. The number of carbonyl (C=O) groups is 3. The van der Waals surface area contributed by atoms with E-state index in [1.807, 2.05) is 6.07 Å². The topological polar surface area (TPSA) is 81.1 Å². The molecule has 1 aromatic carbocycles. The van der Waals surface area contributed by atoms with Gasteiger partial charge in [-0.15, -0.1) is 0 Å². The van der Waals surface area contributed by atoms with Crippen molar-refractivity contribution in [3.8, 4) is 0 Å². The van der Waals surface area contributed by atoms with Crippen LogP contribution in [-0.4, -0.2) is 27.9 Å². The number of nitrogens with one attached hydrogen (secondary N) is 1. The fourth-order valence-electron chi connectivity index (χ4n) is 2.61. The van der Waals surface area contributed by atoms with Crippen molar-refractivity contribution >= 4 is 29.0 Å². The first kappa shape index (κ1) is 12.5. The number of amides is 2. The Bertz CT molecular complexity index is 733. The zero-order chi connectivity index (χ0) is 14.3. The second-order valence-corrected chi connectivity index (χ2v) is 4.97. The van der Waals surface area contributed by atoms with E-state index in [4.69, 9.17) is 0 Å². The number of benzene rings is 1. The van der Waals surface area contributed by atoms with E-state index >= 15 is 0 Å². The minimum Gasteiger partial charge on any atom is -0.298 e. The van der Waals surface area contributed by atoms with Gasteiger partial charge in [0.05, 0.1) is 5.92 Å². The standard InChI is InChI=1S/C14H13N3O3/c1-17-6-9-4-8(5-10(7-18)13(9)16-17)11-2-3-12(19)15-14(11)20/h4-7,11H,2-3H2,1H3,(H,15,19,20). The van der Waals surface area contributed by atoms with Crippen LogP contribution in [0.2, 0.25) is 0 Å². The summed E-state index contributed by atoms with van der Waals surface area (Å²) in [6.07, 6.45) is 3.33. The highest BCUT2D eigenvalue weighted by molar-refractivity contribution is 6.02. The van der Waals surface area contributed by atoms with Crippen molar-refractivity contribution in [3.63, 3.8) is 0 Å². The van der Waals surface area contributed by atoms with Crippen LogP contribution in [0.15, 0.2) is 18.3 Å². The van der Waals surface area contributed by atoms with Crippen molar-refractivity contribution in [1.29, 1.82) is 0 Å². The zero-order valence-corrected chi connectivity index (χ0v) is 10.9. The molecule has 2 aromatic rings. The molecule has 1 atom stereocenters. The summed E-state index contributed by atoms with van der Waals surface area (Å²) in [6.45, 7) is 0. The minimum atomic E-state index is -0.393. The van der Waals surface area contributed by atoms with Gasteiger partial charge in [-0.3, -0.25) is 24.4 Å². The van der Waals surface area contributed by atoms with Crippen LogP contribution in [0.5, 0.6) is 0 Å². The molecule has 1 aromatic heterocycles. The molecule has 102 valence electrons. The number of imide groups is 1. The Morgan fingerprint density at radius 1 is 1.40 bits per heavy atom. The van der Waals surface area contributed by atoms with Gasteiger partial charge < -0.3 is 0 Å². The third-order valence-electron chi connectivity index (χ3n) is 3.54. The molecule has 1 fully saturated rings. The van der Waals surface area contributed by atoms with E-state index in [2.05, 4.69) is 10.4 Å². The average Bonchev–Trinajstić information content (AvgIpc) is 2.77. The monoisotopic (exact) mass is 271 g/mol. The average molecular weight is 271 g/mol. The Kier molecular flexibility index (Phi) is 2.85. The smallest absolute Gasteiger partial charge is 0.234 e. The predicted molar refractivity (Wildman–Crippen MR) is 71.2 cm³/mol. The lowest BCUT2D eigenvalue weighted by Gasteiger charge is -2.21. The maximum atomic E-state index is 11.9. The molecule has 0 spiro atoms. The van der Waals surface area contributed by atoms with Gasteiger partial charge >= 0.3 is 0 Å². The predicted octanol–water partition coefficient (Wildman–Crippen LogP) is 0.906. The summed E-state index contributed by atoms with van der Waals surface area (Å²) < 4.78 is 1.63. The SMILES string of the molecule is Cn1cc2cc(C3CCC(=O)NC3=O)cc(C=O)c2n1. The minimum absolute atomic E-state index is 0.246. The lowest BCUT2D eigenvalue weighted by Crippen LogP contribution is -2.39. The Balaban J connectivity index is 2.09. The summed E-state index contributed by atoms with van der Waals surface area (Å²) in [7, 11) is 1.78. The summed E-state index contributed by atoms with van der Waals surface area (Å²) in [4.78, 5) is 34.3. The molecule has 1 saturated heterocycles. The maximum absolute atomic E-state index is 11.9. The van der Waals surface area contributed by atoms with Gasteiger partial charge in [0.2, 0.25) is 11.8 Å². The van der Waals surface area contributed by atoms with Gasteiger partial charge in [0, 0.05) is 30.6 Å². The van der Waals surface area contributed by atoms with Gasteiger partial charge in [-0.05, 0) is 24.1 Å². The molecule has 20 heavy (non-hydrogen) atoms. The van der Waals surface area contributed by atoms with Gasteiger partial charge in [-0.1, -0.05) is 0 Å². The van der Waals surface area contributed by atoms with Crippen molar-refractivity contribution in [3.05, 3.63) is 29.5 Å². The summed E-state index contributed by atoms with van der Waals surface area (Å²) in [5.74, 6) is -0.943. The zero-order valence-electron chi connectivity index (χ0n) is 10.9. The maximum Gasteiger partial charge on any atom is 0.234 e. The quantitative estimate of drug-likeness (QED) is 0.650. The molecule has 0 aliphatic carbocycles. The van der Waals surface area contributed by atoms with Crippen LogP contribution < -0.4 is 5.32 Å². The van der Waals surface area contributed by atoms with Crippen LogP contribution in [0.4, 0.5) is 0 Å². The number of piperidine rings is 1. The van der Waals surface area contributed by atoms with E-state index in [9.17, 15) is 14.4 Å². The van der Waals surface area contributed by atoms with Crippen molar-refractivity contribution in [2.45, 2.75) is 18.8 Å². The van der Waals surface area contributed by atoms with Crippen molar-refractivity contribution in [1.82, 2.24) is 15.1 Å². The molecule has 6 heteroatoms. The fourth-order valence-corrected chi connectivity index (χ4v) is 2.61. The molecular formula is C14H13N3O3. The molecule has 0 saturated carbocycles. The summed E-state index contributed by atoms with van der Waals surface area (Å²) in [5, 5.41) is 7.38. The van der Waals surface area contributed by atoms with Crippen LogP contribution >= 0.6 is 0 Å². The van der Waals surface area contributed by atoms with Crippen LogP contribution in [-0.2, 0) is 16.6 Å². The van der Waals surface area contributed by atoms with Crippen molar-refractivity contribution in [2.75, 3.05) is 0 Å². The molecule has 1 unspecified atom stereocenters. The third-order valence-corrected chi connectivity index (χ3v) is 3.54. The largest absolute Gasteiger partial charge is 0.298 e. The van der Waals surface area contributed by atoms with E-state index in [0.29, 0.717) is 23.9 Å². The fraction of sp³-hybridized carbons (Fsp3) is 0.286. The van der Waals surface area contributed by atoms with Gasteiger partial charge in [0.15, 0.2) is 6.29 Å². The third kappa shape index (κ3) is 1.99. The van der Waals surface area contributed by atoms with Crippen LogP contribution in [0.1, 0.15) is 34.7 Å². The highest BCUT2D eigenvalue weighted by Gasteiger charge is 2.28. The first-order valence-electron chi connectivity index (χ1n) is 6.34. The highest BCUT2D eigenvalue weighted by atomic mass is 16.2. The van der Waals surface area contributed by atoms with Crippen LogP contribution in [0.25, 0.3) is 10.9 Å². The number of nitrogens with zero attached hydrogens (tertiary/aromatic N) is 2. The molecular weight excluding hydrogens is 258 g/mol. The molecule has 1 aliphatic heterocycles. The number of aromatic nitrogens is 2. The number of hydrogen-bond acceptors (Lipinski definition) is 4. The van der Waals surface area contributed by atoms with Gasteiger partial charge in [-0.2, -0.15) is 5.10 Å². The first-order chi connectivity index (χ1) is 9.58. The Morgan fingerprint density at radius 3 is 2.90 bits per heavy atom. The second kappa shape index (κ2) is 4.56. The number of rotatable bonds is 2. The van der Waals surface area contributed by atoms with Crippen LogP contribution in [0.3, 0.4) is 0 Å². The Morgan fingerprint density at radius 2 is 2.20 bits per heavy atom. The molecule has 3 rings (SSSR count). The summed E-state index contributed by atoms with van der Waals surface area (Å²) >= 11 is 0. The van der Waals surface area contributed by atoms with E-state index in [1.165, 1.54) is 0 Å².